The second-order valence-electron chi connectivity index (χ2n) is 1.97. The molecule has 0 fully saturated rings. The van der Waals surface area contributed by atoms with Gasteiger partial charge in [0.15, 0.2) is 5.69 Å². The first kappa shape index (κ1) is 7.40. The lowest BCUT2D eigenvalue weighted by molar-refractivity contribution is -0.353. The number of benzene rings is 1. The monoisotopic (exact) mass is 151 g/mol. The van der Waals surface area contributed by atoms with E-state index in [0.717, 1.165) is 0 Å². The summed E-state index contributed by atoms with van der Waals surface area (Å²) in [6.07, 6.45) is 0. The predicted molar refractivity (Wildman–Crippen MR) is 39.3 cm³/mol. The molecule has 0 radical (unpaired) electrons. The van der Waals surface area contributed by atoms with Gasteiger partial charge >= 0.3 is 6.03 Å². The molecule has 4 heteroatoms. The molecule has 1 aromatic rings. The Labute approximate surface area is 63.2 Å². The first-order chi connectivity index (χ1) is 5.22. The van der Waals surface area contributed by atoms with Crippen LogP contribution in [-0.2, 0) is 0 Å². The summed E-state index contributed by atoms with van der Waals surface area (Å²) < 4.78 is 0.139. The number of para-hydroxylation sites is 1. The van der Waals surface area contributed by atoms with Crippen molar-refractivity contribution >= 4 is 11.7 Å². The Morgan fingerprint density at radius 1 is 1.27 bits per heavy atom. The average Bonchev–Trinajstić information content (AvgIpc) is 2.05. The standard InChI is InChI=1S/C7H6N2O2/c8-7(10)9(11)6-4-2-1-3-5-6/h1-5H,(H-,8,10)/p+1. The summed E-state index contributed by atoms with van der Waals surface area (Å²) in [5.74, 6) is 0. The zero-order chi connectivity index (χ0) is 8.27. The number of rotatable bonds is 1. The Hall–Kier alpha value is -1.71. The quantitative estimate of drug-likeness (QED) is 0.612. The third-order valence-corrected chi connectivity index (χ3v) is 1.19. The third kappa shape index (κ3) is 1.61. The number of nitroso groups, excluding NO2 is 1. The molecule has 0 saturated carbocycles. The van der Waals surface area contributed by atoms with Crippen LogP contribution in [0.5, 0.6) is 0 Å². The SMILES string of the molecule is NC(=O)[N+](=O)c1ccccc1. The number of nitrogens with two attached hydrogens (primary N) is 1. The highest BCUT2D eigenvalue weighted by atomic mass is 16.3. The largest absolute Gasteiger partial charge is 0.532 e. The van der Waals surface area contributed by atoms with E-state index >= 15 is 0 Å². The lowest BCUT2D eigenvalue weighted by Crippen LogP contribution is -2.20. The number of urea groups is 1. The summed E-state index contributed by atoms with van der Waals surface area (Å²) in [6, 6.07) is 7.08. The molecule has 56 valence electrons. The highest BCUT2D eigenvalue weighted by Gasteiger charge is 2.15. The summed E-state index contributed by atoms with van der Waals surface area (Å²) >= 11 is 0. The predicted octanol–water partition coefficient (Wildman–Crippen LogP) is 1.18. The molecule has 0 atom stereocenters. The minimum Gasteiger partial charge on any atom is -0.247 e. The molecule has 0 heterocycles. The smallest absolute Gasteiger partial charge is 0.247 e. The number of carbonyl (C=O) groups is 1. The van der Waals surface area contributed by atoms with Crippen molar-refractivity contribution in [3.63, 3.8) is 0 Å². The van der Waals surface area contributed by atoms with Crippen molar-refractivity contribution in [1.29, 1.82) is 0 Å². The fourth-order valence-corrected chi connectivity index (χ4v) is 0.691. The van der Waals surface area contributed by atoms with Gasteiger partial charge in [0.05, 0.1) is 4.76 Å². The van der Waals surface area contributed by atoms with Crippen molar-refractivity contribution in [1.82, 2.24) is 0 Å². The van der Waals surface area contributed by atoms with Gasteiger partial charge in [-0.3, -0.25) is 0 Å². The minimum atomic E-state index is -1.00. The molecule has 0 unspecified atom stereocenters. The first-order valence-electron chi connectivity index (χ1n) is 3.03. The number of hydrogen-bond donors (Lipinski definition) is 1. The van der Waals surface area contributed by atoms with Crippen molar-refractivity contribution in [2.24, 2.45) is 5.73 Å². The van der Waals surface area contributed by atoms with Gasteiger partial charge in [-0.15, -0.1) is 0 Å². The van der Waals surface area contributed by atoms with Crippen LogP contribution in [0.25, 0.3) is 0 Å². The van der Waals surface area contributed by atoms with Gasteiger partial charge in [-0.25, -0.2) is 5.73 Å². The van der Waals surface area contributed by atoms with Crippen molar-refractivity contribution in [3.8, 4) is 0 Å². The van der Waals surface area contributed by atoms with Crippen molar-refractivity contribution in [2.45, 2.75) is 0 Å². The number of primary amides is 1. The molecule has 2 amide bonds. The molecule has 2 N–H and O–H groups in total. The average molecular weight is 151 g/mol. The van der Waals surface area contributed by atoms with Gasteiger partial charge in [-0.1, -0.05) is 23.1 Å². The summed E-state index contributed by atoms with van der Waals surface area (Å²) in [5.41, 5.74) is 4.99. The van der Waals surface area contributed by atoms with E-state index in [9.17, 15) is 9.70 Å². The van der Waals surface area contributed by atoms with E-state index in [0.29, 0.717) is 0 Å². The molecule has 4 nitrogen and oxygen atoms in total. The summed E-state index contributed by atoms with van der Waals surface area (Å²) in [5, 5.41) is 0. The van der Waals surface area contributed by atoms with E-state index in [2.05, 4.69) is 0 Å². The van der Waals surface area contributed by atoms with Crippen LogP contribution >= 0.6 is 0 Å². The molecule has 0 aliphatic carbocycles. The molecule has 0 aromatic heterocycles. The number of nitrogens with zero attached hydrogens (tertiary/aromatic N) is 1. The molecule has 0 bridgehead atoms. The molecule has 1 rings (SSSR count). The van der Waals surface area contributed by atoms with E-state index in [-0.39, 0.29) is 10.4 Å². The van der Waals surface area contributed by atoms with Gasteiger partial charge in [-0.05, 0) is 12.1 Å². The molecule has 0 aliphatic rings. The van der Waals surface area contributed by atoms with Gasteiger partial charge in [-0.2, -0.15) is 4.79 Å². The highest BCUT2D eigenvalue weighted by Crippen LogP contribution is 2.08. The van der Waals surface area contributed by atoms with Crippen LogP contribution in [0.4, 0.5) is 10.5 Å². The molecular weight excluding hydrogens is 144 g/mol. The van der Waals surface area contributed by atoms with Gasteiger partial charge in [0.1, 0.15) is 0 Å². The van der Waals surface area contributed by atoms with Crippen LogP contribution in [0.1, 0.15) is 0 Å². The zero-order valence-corrected chi connectivity index (χ0v) is 5.73. The van der Waals surface area contributed by atoms with Gasteiger partial charge < -0.3 is 0 Å². The second kappa shape index (κ2) is 2.92. The zero-order valence-electron chi connectivity index (χ0n) is 5.73. The summed E-state index contributed by atoms with van der Waals surface area (Å²) in [7, 11) is 0. The maximum absolute atomic E-state index is 10.8. The Bertz CT molecular complexity index is 282. The number of hydrogen-bond acceptors (Lipinski definition) is 2. The lowest BCUT2D eigenvalue weighted by Gasteiger charge is -1.88. The second-order valence-corrected chi connectivity index (χ2v) is 1.97. The van der Waals surface area contributed by atoms with E-state index in [4.69, 9.17) is 5.73 Å². The van der Waals surface area contributed by atoms with Crippen LogP contribution in [0, 0.1) is 4.91 Å². The van der Waals surface area contributed by atoms with Crippen LogP contribution in [0.3, 0.4) is 0 Å². The van der Waals surface area contributed by atoms with Gasteiger partial charge in [0.25, 0.3) is 0 Å². The molecular formula is C7H7N2O2+. The van der Waals surface area contributed by atoms with E-state index in [1.54, 1.807) is 18.2 Å². The van der Waals surface area contributed by atoms with Crippen LogP contribution in [-0.4, -0.2) is 10.8 Å². The Kier molecular flexibility index (Phi) is 1.96. The van der Waals surface area contributed by atoms with Crippen LogP contribution in [0.2, 0.25) is 0 Å². The fourth-order valence-electron chi connectivity index (χ4n) is 0.691. The van der Waals surface area contributed by atoms with Gasteiger partial charge in [0.2, 0.25) is 0 Å². The summed E-state index contributed by atoms with van der Waals surface area (Å²) in [4.78, 5) is 21.1. The lowest BCUT2D eigenvalue weighted by atomic mass is 10.3. The molecule has 0 saturated heterocycles. The Balaban J connectivity index is 2.95. The van der Waals surface area contributed by atoms with Crippen molar-refractivity contribution < 1.29 is 9.55 Å². The third-order valence-electron chi connectivity index (χ3n) is 1.19. The highest BCUT2D eigenvalue weighted by molar-refractivity contribution is 5.65. The van der Waals surface area contributed by atoms with Crippen molar-refractivity contribution in [3.05, 3.63) is 35.2 Å². The van der Waals surface area contributed by atoms with Crippen molar-refractivity contribution in [2.75, 3.05) is 0 Å². The molecule has 0 spiro atoms. The molecule has 11 heavy (non-hydrogen) atoms. The normalized spacial score (nSPS) is 9.09. The number of carbonyl (C=O) groups excluding carboxylic acids is 1. The number of amides is 2. The first-order valence-corrected chi connectivity index (χ1v) is 3.03. The maximum atomic E-state index is 10.8. The van der Waals surface area contributed by atoms with E-state index in [1.165, 1.54) is 12.1 Å². The van der Waals surface area contributed by atoms with E-state index < -0.39 is 6.03 Å². The van der Waals surface area contributed by atoms with Crippen LogP contribution < -0.4 is 5.73 Å². The molecule has 0 aliphatic heterocycles. The molecule has 1 aromatic carbocycles. The maximum Gasteiger partial charge on any atom is 0.532 e. The van der Waals surface area contributed by atoms with Crippen LogP contribution in [0.15, 0.2) is 30.3 Å². The fraction of sp³-hybridized carbons (Fsp3) is 0. The minimum absolute atomic E-state index is 0.139. The summed E-state index contributed by atoms with van der Waals surface area (Å²) in [6.45, 7) is 0. The Morgan fingerprint density at radius 2 is 1.82 bits per heavy atom. The topological polar surface area (TPSA) is 63.2 Å². The van der Waals surface area contributed by atoms with Gasteiger partial charge in [0, 0.05) is 0 Å². The van der Waals surface area contributed by atoms with E-state index in [1.807, 2.05) is 0 Å². The Morgan fingerprint density at radius 3 is 2.27 bits per heavy atom.